The van der Waals surface area contributed by atoms with Crippen LogP contribution in [0.4, 0.5) is 0 Å². The number of carbonyl (C=O) groups excluding carboxylic acids is 1. The van der Waals surface area contributed by atoms with Crippen LogP contribution in [0.3, 0.4) is 0 Å². The molecule has 1 rings (SSSR count). The minimum atomic E-state index is -0.524. The molecule has 0 N–H and O–H groups in total. The van der Waals surface area contributed by atoms with Gasteiger partial charge in [-0.15, -0.1) is 11.3 Å². The van der Waals surface area contributed by atoms with Crippen molar-refractivity contribution in [2.75, 3.05) is 14.1 Å². The average Bonchev–Trinajstić information content (AvgIpc) is 2.75. The van der Waals surface area contributed by atoms with Gasteiger partial charge in [0.2, 0.25) is 0 Å². The zero-order valence-electron chi connectivity index (χ0n) is 9.04. The summed E-state index contributed by atoms with van der Waals surface area (Å²) in [7, 11) is 3.51. The van der Waals surface area contributed by atoms with Crippen molar-refractivity contribution >= 4 is 29.7 Å². The van der Waals surface area contributed by atoms with Crippen LogP contribution in [0.25, 0.3) is 6.08 Å². The molecule has 82 valence electrons. The molecule has 0 saturated heterocycles. The van der Waals surface area contributed by atoms with E-state index in [1.54, 1.807) is 25.1 Å². The molecule has 0 aliphatic carbocycles. The van der Waals surface area contributed by atoms with E-state index in [-0.39, 0.29) is 5.57 Å². The van der Waals surface area contributed by atoms with Gasteiger partial charge in [0.25, 0.3) is 5.91 Å². The third-order valence-electron chi connectivity index (χ3n) is 1.59. The van der Waals surface area contributed by atoms with Gasteiger partial charge in [0.15, 0.2) is 0 Å². The van der Waals surface area contributed by atoms with E-state index in [0.717, 1.165) is 4.88 Å². The highest BCUT2D eigenvalue weighted by Gasteiger charge is 2.06. The molecular weight excluding hydrogens is 222 g/mol. The Morgan fingerprint density at radius 3 is 2.88 bits per heavy atom. The van der Waals surface area contributed by atoms with Crippen molar-refractivity contribution in [2.24, 2.45) is 4.99 Å². The Bertz CT molecular complexity index is 452. The second-order valence-corrected chi connectivity index (χ2v) is 4.18. The monoisotopic (exact) mass is 233 g/mol. The molecule has 1 aromatic rings. The van der Waals surface area contributed by atoms with E-state index < -0.39 is 5.91 Å². The third-order valence-corrected chi connectivity index (χ3v) is 2.41. The van der Waals surface area contributed by atoms with Gasteiger partial charge in [-0.2, -0.15) is 10.3 Å². The molecule has 0 aromatic carbocycles. The van der Waals surface area contributed by atoms with Gasteiger partial charge in [0.05, 0.1) is 6.34 Å². The van der Waals surface area contributed by atoms with Gasteiger partial charge >= 0.3 is 0 Å². The van der Waals surface area contributed by atoms with E-state index in [4.69, 9.17) is 5.26 Å². The number of thiophene rings is 1. The molecule has 1 heterocycles. The largest absolute Gasteiger partial charge is 0.369 e. The zero-order valence-corrected chi connectivity index (χ0v) is 9.86. The molecular formula is C11H11N3OS. The summed E-state index contributed by atoms with van der Waals surface area (Å²) in [5, 5.41) is 10.7. The molecule has 0 unspecified atom stereocenters. The molecule has 0 spiro atoms. The highest BCUT2D eigenvalue weighted by atomic mass is 32.1. The molecule has 4 nitrogen and oxygen atoms in total. The van der Waals surface area contributed by atoms with Gasteiger partial charge in [-0.25, -0.2) is 0 Å². The molecule has 0 radical (unpaired) electrons. The van der Waals surface area contributed by atoms with Crippen molar-refractivity contribution in [3.05, 3.63) is 28.0 Å². The van der Waals surface area contributed by atoms with Crippen molar-refractivity contribution < 1.29 is 4.79 Å². The summed E-state index contributed by atoms with van der Waals surface area (Å²) < 4.78 is 0. The summed E-state index contributed by atoms with van der Waals surface area (Å²) in [6, 6.07) is 5.55. The minimum Gasteiger partial charge on any atom is -0.369 e. The Morgan fingerprint density at radius 1 is 1.62 bits per heavy atom. The van der Waals surface area contributed by atoms with Gasteiger partial charge in [-0.1, -0.05) is 6.07 Å². The van der Waals surface area contributed by atoms with Crippen LogP contribution in [0.15, 0.2) is 28.1 Å². The number of nitriles is 1. The van der Waals surface area contributed by atoms with Crippen molar-refractivity contribution in [3.63, 3.8) is 0 Å². The summed E-state index contributed by atoms with van der Waals surface area (Å²) in [4.78, 5) is 17.6. The molecule has 0 bridgehead atoms. The Hall–Kier alpha value is -1.93. The lowest BCUT2D eigenvalue weighted by atomic mass is 10.2. The van der Waals surface area contributed by atoms with Crippen molar-refractivity contribution in [1.29, 1.82) is 5.26 Å². The van der Waals surface area contributed by atoms with Crippen LogP contribution in [0, 0.1) is 11.3 Å². The maximum Gasteiger partial charge on any atom is 0.289 e. The van der Waals surface area contributed by atoms with E-state index in [9.17, 15) is 4.79 Å². The van der Waals surface area contributed by atoms with E-state index >= 15 is 0 Å². The third kappa shape index (κ3) is 3.67. The Labute approximate surface area is 98.1 Å². The SMILES string of the molecule is CN(C)C=NC(=O)/C(C#N)=C/c1cccs1. The van der Waals surface area contributed by atoms with Gasteiger partial charge < -0.3 is 4.90 Å². The Balaban J connectivity index is 2.84. The molecule has 1 amide bonds. The quantitative estimate of drug-likeness (QED) is 0.346. The number of rotatable bonds is 3. The summed E-state index contributed by atoms with van der Waals surface area (Å²) in [5.74, 6) is -0.524. The smallest absolute Gasteiger partial charge is 0.289 e. The van der Waals surface area contributed by atoms with Crippen molar-refractivity contribution in [1.82, 2.24) is 4.90 Å². The lowest BCUT2D eigenvalue weighted by Crippen LogP contribution is -2.10. The van der Waals surface area contributed by atoms with Crippen molar-refractivity contribution in [2.45, 2.75) is 0 Å². The topological polar surface area (TPSA) is 56.5 Å². The van der Waals surface area contributed by atoms with E-state index in [0.29, 0.717) is 0 Å². The molecule has 0 aliphatic rings. The summed E-state index contributed by atoms with van der Waals surface area (Å²) >= 11 is 1.47. The fourth-order valence-corrected chi connectivity index (χ4v) is 1.55. The van der Waals surface area contributed by atoms with Gasteiger partial charge in [0.1, 0.15) is 11.6 Å². The molecule has 0 aliphatic heterocycles. The molecule has 0 atom stereocenters. The van der Waals surface area contributed by atoms with Gasteiger partial charge in [-0.3, -0.25) is 4.79 Å². The van der Waals surface area contributed by atoms with Crippen LogP contribution >= 0.6 is 11.3 Å². The van der Waals surface area contributed by atoms with Crippen molar-refractivity contribution in [3.8, 4) is 6.07 Å². The second-order valence-electron chi connectivity index (χ2n) is 3.20. The second kappa shape index (κ2) is 5.83. The minimum absolute atomic E-state index is 0.0422. The van der Waals surface area contributed by atoms with Crippen LogP contribution in [0.2, 0.25) is 0 Å². The number of amides is 1. The van der Waals surface area contributed by atoms with Gasteiger partial charge in [-0.05, 0) is 17.5 Å². The Kier molecular flexibility index (Phi) is 4.42. The number of hydrogen-bond donors (Lipinski definition) is 0. The maximum atomic E-state index is 11.5. The molecule has 0 saturated carbocycles. The Morgan fingerprint density at radius 2 is 2.38 bits per heavy atom. The first kappa shape index (κ1) is 12.1. The number of nitrogens with zero attached hydrogens (tertiary/aromatic N) is 3. The molecule has 16 heavy (non-hydrogen) atoms. The standard InChI is InChI=1S/C11H11N3OS/c1-14(2)8-13-11(15)9(7-12)6-10-4-3-5-16-10/h3-6,8H,1-2H3/b9-6+,13-8?. The van der Waals surface area contributed by atoms with Crippen LogP contribution in [-0.2, 0) is 4.79 Å². The molecule has 5 heteroatoms. The fraction of sp³-hybridized carbons (Fsp3) is 0.182. The zero-order chi connectivity index (χ0) is 12.0. The average molecular weight is 233 g/mol. The highest BCUT2D eigenvalue weighted by molar-refractivity contribution is 7.10. The van der Waals surface area contributed by atoms with Crippen LogP contribution in [0.5, 0.6) is 0 Å². The van der Waals surface area contributed by atoms with Crippen LogP contribution in [-0.4, -0.2) is 31.2 Å². The molecule has 1 aromatic heterocycles. The normalized spacial score (nSPS) is 11.4. The predicted molar refractivity (Wildman–Crippen MR) is 65.1 cm³/mol. The number of aliphatic imine (C=N–C) groups is 1. The lowest BCUT2D eigenvalue weighted by molar-refractivity contribution is -0.113. The lowest BCUT2D eigenvalue weighted by Gasteiger charge is -2.00. The van der Waals surface area contributed by atoms with E-state index in [1.165, 1.54) is 17.7 Å². The number of hydrogen-bond acceptors (Lipinski definition) is 3. The van der Waals surface area contributed by atoms with E-state index in [1.807, 2.05) is 23.6 Å². The summed E-state index contributed by atoms with van der Waals surface area (Å²) in [5.41, 5.74) is 0.0422. The number of carbonyl (C=O) groups is 1. The van der Waals surface area contributed by atoms with Gasteiger partial charge in [0, 0.05) is 19.0 Å². The van der Waals surface area contributed by atoms with E-state index in [2.05, 4.69) is 4.99 Å². The van der Waals surface area contributed by atoms with Crippen LogP contribution < -0.4 is 0 Å². The maximum absolute atomic E-state index is 11.5. The van der Waals surface area contributed by atoms with Crippen LogP contribution in [0.1, 0.15) is 4.88 Å². The molecule has 0 fully saturated rings. The fourth-order valence-electron chi connectivity index (χ4n) is 0.895. The summed E-state index contributed by atoms with van der Waals surface area (Å²) in [6.07, 6.45) is 2.92. The first-order chi connectivity index (χ1) is 7.63. The first-order valence-corrected chi connectivity index (χ1v) is 5.41. The first-order valence-electron chi connectivity index (χ1n) is 4.53. The predicted octanol–water partition coefficient (Wildman–Crippen LogP) is 1.77. The summed E-state index contributed by atoms with van der Waals surface area (Å²) in [6.45, 7) is 0. The highest BCUT2D eigenvalue weighted by Crippen LogP contribution is 2.13.